The van der Waals surface area contributed by atoms with E-state index in [9.17, 15) is 9.59 Å². The summed E-state index contributed by atoms with van der Waals surface area (Å²) < 4.78 is 1.88. The first-order valence-corrected chi connectivity index (χ1v) is 7.67. The Morgan fingerprint density at radius 3 is 2.95 bits per heavy atom. The lowest BCUT2D eigenvalue weighted by Crippen LogP contribution is -2.46. The number of hydrogen-bond acceptors (Lipinski definition) is 3. The first-order valence-electron chi connectivity index (χ1n) is 7.67. The third-order valence-electron chi connectivity index (χ3n) is 4.63. The molecule has 2 atom stereocenters. The molecule has 2 saturated heterocycles. The Labute approximate surface area is 124 Å². The van der Waals surface area contributed by atoms with Crippen LogP contribution < -0.4 is 0 Å². The van der Waals surface area contributed by atoms with Gasteiger partial charge in [0, 0.05) is 44.9 Å². The van der Waals surface area contributed by atoms with Gasteiger partial charge in [-0.15, -0.1) is 0 Å². The van der Waals surface area contributed by atoms with E-state index in [1.807, 2.05) is 21.8 Å². The second-order valence-corrected chi connectivity index (χ2v) is 6.06. The zero-order valence-corrected chi connectivity index (χ0v) is 12.4. The van der Waals surface area contributed by atoms with Crippen molar-refractivity contribution >= 4 is 11.8 Å². The number of aromatic nitrogens is 2. The third-order valence-corrected chi connectivity index (χ3v) is 4.63. The molecule has 0 N–H and O–H groups in total. The Balaban J connectivity index is 1.64. The van der Waals surface area contributed by atoms with E-state index in [0.29, 0.717) is 13.0 Å². The molecule has 0 aliphatic carbocycles. The number of piperidine rings is 1. The standard InChI is InChI=1S/C15H22N4O2/c1-17-9-5-12(10-14(17)20)15(21)19-8-2-4-13(19)11-18-7-3-6-16-18/h3,6-7,12-13H,2,4-5,8-11H2,1H3/t12-,13-/m0/s1. The Morgan fingerprint density at radius 2 is 2.24 bits per heavy atom. The minimum atomic E-state index is -0.132. The zero-order chi connectivity index (χ0) is 14.8. The molecule has 1 aromatic heterocycles. The molecule has 0 unspecified atom stereocenters. The van der Waals surface area contributed by atoms with E-state index < -0.39 is 0 Å². The van der Waals surface area contributed by atoms with Crippen LogP contribution in [0.1, 0.15) is 25.7 Å². The van der Waals surface area contributed by atoms with Gasteiger partial charge in [-0.1, -0.05) is 0 Å². The zero-order valence-electron chi connectivity index (χ0n) is 12.4. The highest BCUT2D eigenvalue weighted by molar-refractivity contribution is 5.87. The molecule has 2 fully saturated rings. The van der Waals surface area contributed by atoms with Crippen molar-refractivity contribution in [2.75, 3.05) is 20.1 Å². The van der Waals surface area contributed by atoms with Gasteiger partial charge in [-0.3, -0.25) is 14.3 Å². The molecule has 114 valence electrons. The van der Waals surface area contributed by atoms with Gasteiger partial charge in [0.1, 0.15) is 0 Å². The fourth-order valence-electron chi connectivity index (χ4n) is 3.33. The maximum Gasteiger partial charge on any atom is 0.226 e. The van der Waals surface area contributed by atoms with Crippen molar-refractivity contribution in [1.29, 1.82) is 0 Å². The molecule has 0 radical (unpaired) electrons. The molecular weight excluding hydrogens is 268 g/mol. The molecule has 1 aromatic rings. The quantitative estimate of drug-likeness (QED) is 0.825. The lowest BCUT2D eigenvalue weighted by molar-refractivity contribution is -0.145. The van der Waals surface area contributed by atoms with Gasteiger partial charge in [0.15, 0.2) is 0 Å². The predicted molar refractivity (Wildman–Crippen MR) is 77.3 cm³/mol. The first kappa shape index (κ1) is 14.1. The lowest BCUT2D eigenvalue weighted by Gasteiger charge is -2.33. The van der Waals surface area contributed by atoms with Gasteiger partial charge in [-0.25, -0.2) is 0 Å². The van der Waals surface area contributed by atoms with Crippen molar-refractivity contribution < 1.29 is 9.59 Å². The number of nitrogens with zero attached hydrogens (tertiary/aromatic N) is 4. The maximum absolute atomic E-state index is 12.7. The van der Waals surface area contributed by atoms with Crippen LogP contribution in [0.5, 0.6) is 0 Å². The summed E-state index contributed by atoms with van der Waals surface area (Å²) in [6.45, 7) is 2.25. The van der Waals surface area contributed by atoms with Gasteiger partial charge in [-0.2, -0.15) is 5.10 Å². The Bertz CT molecular complexity index is 514. The summed E-state index contributed by atoms with van der Waals surface area (Å²) in [5, 5.41) is 4.23. The van der Waals surface area contributed by atoms with E-state index in [-0.39, 0.29) is 23.8 Å². The molecule has 2 aliphatic rings. The molecule has 0 saturated carbocycles. The summed E-state index contributed by atoms with van der Waals surface area (Å²) in [6, 6.07) is 2.11. The normalized spacial score (nSPS) is 26.4. The van der Waals surface area contributed by atoms with E-state index in [0.717, 1.165) is 32.4 Å². The number of carbonyl (C=O) groups is 2. The van der Waals surface area contributed by atoms with Crippen LogP contribution in [0.3, 0.4) is 0 Å². The van der Waals surface area contributed by atoms with Crippen LogP contribution in [0.15, 0.2) is 18.5 Å². The minimum absolute atomic E-state index is 0.0856. The van der Waals surface area contributed by atoms with E-state index in [1.54, 1.807) is 18.1 Å². The van der Waals surface area contributed by atoms with Crippen LogP contribution in [-0.4, -0.2) is 57.6 Å². The van der Waals surface area contributed by atoms with Crippen molar-refractivity contribution in [3.63, 3.8) is 0 Å². The molecule has 2 aliphatic heterocycles. The number of rotatable bonds is 3. The maximum atomic E-state index is 12.7. The molecule has 6 heteroatoms. The van der Waals surface area contributed by atoms with E-state index in [4.69, 9.17) is 0 Å². The van der Waals surface area contributed by atoms with Crippen molar-refractivity contribution in [3.05, 3.63) is 18.5 Å². The van der Waals surface area contributed by atoms with Gasteiger partial charge in [0.25, 0.3) is 0 Å². The largest absolute Gasteiger partial charge is 0.346 e. The minimum Gasteiger partial charge on any atom is -0.346 e. The number of carbonyl (C=O) groups excluding carboxylic acids is 2. The second kappa shape index (κ2) is 5.87. The summed E-state index contributed by atoms with van der Waals surface area (Å²) >= 11 is 0. The van der Waals surface area contributed by atoms with Gasteiger partial charge in [0.05, 0.1) is 12.6 Å². The highest BCUT2D eigenvalue weighted by Gasteiger charge is 2.36. The summed E-state index contributed by atoms with van der Waals surface area (Å²) in [5.41, 5.74) is 0. The van der Waals surface area contributed by atoms with Crippen LogP contribution in [0.25, 0.3) is 0 Å². The molecular formula is C15H22N4O2. The van der Waals surface area contributed by atoms with Crippen molar-refractivity contribution in [2.45, 2.75) is 38.3 Å². The van der Waals surface area contributed by atoms with Gasteiger partial charge in [-0.05, 0) is 25.3 Å². The van der Waals surface area contributed by atoms with Gasteiger partial charge in [0.2, 0.25) is 11.8 Å². The molecule has 3 heterocycles. The molecule has 0 spiro atoms. The predicted octanol–water partition coefficient (Wildman–Crippen LogP) is 0.742. The molecule has 6 nitrogen and oxygen atoms in total. The van der Waals surface area contributed by atoms with Crippen molar-refractivity contribution in [2.24, 2.45) is 5.92 Å². The average molecular weight is 290 g/mol. The van der Waals surface area contributed by atoms with Crippen molar-refractivity contribution in [1.82, 2.24) is 19.6 Å². The van der Waals surface area contributed by atoms with Crippen LogP contribution >= 0.6 is 0 Å². The highest BCUT2D eigenvalue weighted by Crippen LogP contribution is 2.26. The number of likely N-dealkylation sites (tertiary alicyclic amines) is 2. The summed E-state index contributed by atoms with van der Waals surface area (Å²) in [7, 11) is 1.80. The lowest BCUT2D eigenvalue weighted by atomic mass is 9.94. The Kier molecular flexibility index (Phi) is 3.94. The molecule has 0 bridgehead atoms. The smallest absolute Gasteiger partial charge is 0.226 e. The topological polar surface area (TPSA) is 58.4 Å². The van der Waals surface area contributed by atoms with Gasteiger partial charge >= 0.3 is 0 Å². The summed E-state index contributed by atoms with van der Waals surface area (Å²) in [6.07, 6.45) is 6.90. The highest BCUT2D eigenvalue weighted by atomic mass is 16.2. The fourth-order valence-corrected chi connectivity index (χ4v) is 3.33. The average Bonchev–Trinajstić information content (AvgIpc) is 3.13. The van der Waals surface area contributed by atoms with E-state index >= 15 is 0 Å². The van der Waals surface area contributed by atoms with Crippen LogP contribution in [0, 0.1) is 5.92 Å². The molecule has 3 rings (SSSR count). The molecule has 21 heavy (non-hydrogen) atoms. The fraction of sp³-hybridized carbons (Fsp3) is 0.667. The molecule has 2 amide bonds. The van der Waals surface area contributed by atoms with Crippen molar-refractivity contribution in [3.8, 4) is 0 Å². The Hall–Kier alpha value is -1.85. The summed E-state index contributed by atoms with van der Waals surface area (Å²) in [5.74, 6) is 0.112. The van der Waals surface area contributed by atoms with Crippen LogP contribution in [0.4, 0.5) is 0 Å². The monoisotopic (exact) mass is 290 g/mol. The number of hydrogen-bond donors (Lipinski definition) is 0. The third kappa shape index (κ3) is 2.94. The SMILES string of the molecule is CN1CC[C@H](C(=O)N2CCC[C@H]2Cn2cccn2)CC1=O. The second-order valence-electron chi connectivity index (χ2n) is 6.06. The molecule has 0 aromatic carbocycles. The summed E-state index contributed by atoms with van der Waals surface area (Å²) in [4.78, 5) is 28.2. The number of amides is 2. The van der Waals surface area contributed by atoms with Gasteiger partial charge < -0.3 is 9.80 Å². The van der Waals surface area contributed by atoms with E-state index in [2.05, 4.69) is 5.10 Å². The first-order chi connectivity index (χ1) is 10.1. The van der Waals surface area contributed by atoms with E-state index in [1.165, 1.54) is 0 Å². The van der Waals surface area contributed by atoms with Crippen LogP contribution in [-0.2, 0) is 16.1 Å². The van der Waals surface area contributed by atoms with Crippen LogP contribution in [0.2, 0.25) is 0 Å². The Morgan fingerprint density at radius 1 is 1.38 bits per heavy atom.